The summed E-state index contributed by atoms with van der Waals surface area (Å²) in [5, 5.41) is 2.91. The molecule has 1 saturated heterocycles. The lowest BCUT2D eigenvalue weighted by Crippen LogP contribution is -2.44. The molecule has 1 heterocycles. The third-order valence-electron chi connectivity index (χ3n) is 4.02. The van der Waals surface area contributed by atoms with Crippen molar-refractivity contribution in [2.24, 2.45) is 5.92 Å². The number of nitrogens with zero attached hydrogens (tertiary/aromatic N) is 1. The van der Waals surface area contributed by atoms with Crippen molar-refractivity contribution in [1.29, 1.82) is 0 Å². The van der Waals surface area contributed by atoms with Crippen molar-refractivity contribution in [3.8, 4) is 0 Å². The van der Waals surface area contributed by atoms with Gasteiger partial charge in [-0.15, -0.1) is 13.2 Å². The fourth-order valence-corrected chi connectivity index (χ4v) is 2.99. The molecule has 0 radical (unpaired) electrons. The predicted molar refractivity (Wildman–Crippen MR) is 86.9 cm³/mol. The van der Waals surface area contributed by atoms with Crippen molar-refractivity contribution < 1.29 is 4.79 Å². The average molecular weight is 284 g/mol. The number of hydrogen-bond acceptors (Lipinski definition) is 2. The van der Waals surface area contributed by atoms with Gasteiger partial charge in [0.05, 0.1) is 5.92 Å². The number of nitrogens with one attached hydrogen (secondary N) is 1. The Morgan fingerprint density at radius 1 is 1.24 bits per heavy atom. The molecule has 1 amide bonds. The van der Waals surface area contributed by atoms with Crippen molar-refractivity contribution in [3.05, 3.63) is 61.2 Å². The highest BCUT2D eigenvalue weighted by molar-refractivity contribution is 5.79. The number of benzene rings is 1. The molecule has 0 spiro atoms. The summed E-state index contributed by atoms with van der Waals surface area (Å²) in [5.41, 5.74) is 1.32. The van der Waals surface area contributed by atoms with Crippen LogP contribution in [-0.4, -0.2) is 30.4 Å². The van der Waals surface area contributed by atoms with Crippen molar-refractivity contribution in [3.63, 3.8) is 0 Å². The molecule has 2 atom stereocenters. The maximum absolute atomic E-state index is 12.1. The van der Waals surface area contributed by atoms with Crippen molar-refractivity contribution in [2.45, 2.75) is 18.9 Å². The van der Waals surface area contributed by atoms with Gasteiger partial charge in [-0.2, -0.15) is 0 Å². The molecule has 112 valence electrons. The summed E-state index contributed by atoms with van der Waals surface area (Å²) in [5.74, 6) is 0.195. The first-order chi connectivity index (χ1) is 10.3. The summed E-state index contributed by atoms with van der Waals surface area (Å²) in [6, 6.07) is 10.9. The normalized spacial score (nSPS) is 22.5. The third kappa shape index (κ3) is 4.05. The Bertz CT molecular complexity index is 483. The molecule has 3 heteroatoms. The Morgan fingerprint density at radius 2 is 2.00 bits per heavy atom. The first-order valence-corrected chi connectivity index (χ1v) is 7.54. The zero-order valence-electron chi connectivity index (χ0n) is 12.5. The largest absolute Gasteiger partial charge is 0.352 e. The van der Waals surface area contributed by atoms with Crippen LogP contribution in [0.5, 0.6) is 0 Å². The smallest absolute Gasteiger partial charge is 0.224 e. The van der Waals surface area contributed by atoms with E-state index < -0.39 is 0 Å². The molecule has 1 aliphatic rings. The number of likely N-dealkylation sites (tertiary alicyclic amines) is 1. The molecule has 0 bridgehead atoms. The second-order valence-electron chi connectivity index (χ2n) is 5.48. The van der Waals surface area contributed by atoms with E-state index in [0.717, 1.165) is 25.9 Å². The van der Waals surface area contributed by atoms with Crippen molar-refractivity contribution >= 4 is 5.91 Å². The second kappa shape index (κ2) is 7.79. The minimum atomic E-state index is 0.0601. The van der Waals surface area contributed by atoms with Crippen LogP contribution in [0.2, 0.25) is 0 Å². The van der Waals surface area contributed by atoms with Gasteiger partial charge in [-0.3, -0.25) is 9.69 Å². The van der Waals surface area contributed by atoms with E-state index in [9.17, 15) is 4.79 Å². The Labute approximate surface area is 127 Å². The predicted octanol–water partition coefficient (Wildman–Crippen LogP) is 2.93. The highest BCUT2D eigenvalue weighted by Crippen LogP contribution is 2.33. The SMILES string of the molecule is C=CCNC(=O)C1CCC(c2ccccc2)N(CC=C)C1. The maximum atomic E-state index is 12.1. The van der Waals surface area contributed by atoms with E-state index in [0.29, 0.717) is 12.6 Å². The third-order valence-corrected chi connectivity index (χ3v) is 4.02. The molecule has 21 heavy (non-hydrogen) atoms. The fourth-order valence-electron chi connectivity index (χ4n) is 2.99. The molecule has 1 aliphatic heterocycles. The molecule has 0 saturated carbocycles. The topological polar surface area (TPSA) is 32.3 Å². The van der Waals surface area contributed by atoms with Crippen LogP contribution in [0.15, 0.2) is 55.6 Å². The van der Waals surface area contributed by atoms with E-state index in [1.807, 2.05) is 12.1 Å². The van der Waals surface area contributed by atoms with Crippen LogP contribution in [0.1, 0.15) is 24.4 Å². The molecular formula is C18H24N2O. The van der Waals surface area contributed by atoms with Crippen LogP contribution in [0.25, 0.3) is 0 Å². The quantitative estimate of drug-likeness (QED) is 0.815. The number of hydrogen-bond donors (Lipinski definition) is 1. The summed E-state index contributed by atoms with van der Waals surface area (Å²) < 4.78 is 0. The number of rotatable bonds is 6. The average Bonchev–Trinajstić information content (AvgIpc) is 2.53. The first-order valence-electron chi connectivity index (χ1n) is 7.54. The van der Waals surface area contributed by atoms with Gasteiger partial charge in [0, 0.05) is 25.7 Å². The molecule has 1 aromatic carbocycles. The summed E-state index contributed by atoms with van der Waals surface area (Å²) >= 11 is 0. The Kier molecular flexibility index (Phi) is 5.76. The molecule has 0 aliphatic carbocycles. The van der Waals surface area contributed by atoms with E-state index >= 15 is 0 Å². The highest BCUT2D eigenvalue weighted by atomic mass is 16.1. The van der Waals surface area contributed by atoms with Crippen LogP contribution in [-0.2, 0) is 4.79 Å². The monoisotopic (exact) mass is 284 g/mol. The van der Waals surface area contributed by atoms with Gasteiger partial charge in [0.15, 0.2) is 0 Å². The minimum Gasteiger partial charge on any atom is -0.352 e. The zero-order chi connectivity index (χ0) is 15.1. The summed E-state index contributed by atoms with van der Waals surface area (Å²) in [6.07, 6.45) is 5.56. The summed E-state index contributed by atoms with van der Waals surface area (Å²) in [6.45, 7) is 9.62. The van der Waals surface area contributed by atoms with Crippen molar-refractivity contribution in [2.75, 3.05) is 19.6 Å². The van der Waals surface area contributed by atoms with Crippen LogP contribution in [0.3, 0.4) is 0 Å². The van der Waals surface area contributed by atoms with Crippen LogP contribution >= 0.6 is 0 Å². The van der Waals surface area contributed by atoms with Gasteiger partial charge in [0.2, 0.25) is 5.91 Å². The van der Waals surface area contributed by atoms with Gasteiger partial charge in [-0.25, -0.2) is 0 Å². The maximum Gasteiger partial charge on any atom is 0.224 e. The molecule has 2 unspecified atom stereocenters. The van der Waals surface area contributed by atoms with E-state index in [4.69, 9.17) is 0 Å². The zero-order valence-corrected chi connectivity index (χ0v) is 12.5. The van der Waals surface area contributed by atoms with E-state index in [1.54, 1.807) is 6.08 Å². The minimum absolute atomic E-state index is 0.0601. The Morgan fingerprint density at radius 3 is 2.67 bits per heavy atom. The van der Waals surface area contributed by atoms with Gasteiger partial charge < -0.3 is 5.32 Å². The van der Waals surface area contributed by atoms with E-state index in [2.05, 4.69) is 47.6 Å². The second-order valence-corrected chi connectivity index (χ2v) is 5.48. The fraction of sp³-hybridized carbons (Fsp3) is 0.389. The molecule has 0 aromatic heterocycles. The van der Waals surface area contributed by atoms with Crippen molar-refractivity contribution in [1.82, 2.24) is 10.2 Å². The molecule has 1 aromatic rings. The number of carbonyl (C=O) groups is 1. The standard InChI is InChI=1S/C18H24N2O/c1-3-12-19-18(21)16-10-11-17(20(14-16)13-4-2)15-8-6-5-7-9-15/h3-9,16-17H,1-2,10-14H2,(H,19,21). The lowest BCUT2D eigenvalue weighted by molar-refractivity contribution is -0.127. The Hall–Kier alpha value is -1.87. The number of piperidine rings is 1. The lowest BCUT2D eigenvalue weighted by Gasteiger charge is -2.39. The van der Waals surface area contributed by atoms with Crippen LogP contribution in [0.4, 0.5) is 0 Å². The van der Waals surface area contributed by atoms with Gasteiger partial charge in [-0.1, -0.05) is 42.5 Å². The first kappa shape index (κ1) is 15.5. The van der Waals surface area contributed by atoms with Gasteiger partial charge in [0.1, 0.15) is 0 Å². The summed E-state index contributed by atoms with van der Waals surface area (Å²) in [7, 11) is 0. The lowest BCUT2D eigenvalue weighted by atomic mass is 9.88. The number of carbonyl (C=O) groups excluding carboxylic acids is 1. The van der Waals surface area contributed by atoms with Crippen LogP contribution < -0.4 is 5.32 Å². The van der Waals surface area contributed by atoms with Gasteiger partial charge in [-0.05, 0) is 18.4 Å². The molecular weight excluding hydrogens is 260 g/mol. The Balaban J connectivity index is 2.05. The molecule has 3 nitrogen and oxygen atoms in total. The van der Waals surface area contributed by atoms with E-state index in [1.165, 1.54) is 5.56 Å². The molecule has 2 rings (SSSR count). The van der Waals surface area contributed by atoms with Gasteiger partial charge in [0.25, 0.3) is 0 Å². The van der Waals surface area contributed by atoms with E-state index in [-0.39, 0.29) is 11.8 Å². The van der Waals surface area contributed by atoms with Gasteiger partial charge >= 0.3 is 0 Å². The van der Waals surface area contributed by atoms with Crippen LogP contribution in [0, 0.1) is 5.92 Å². The number of amides is 1. The summed E-state index contributed by atoms with van der Waals surface area (Å²) in [4.78, 5) is 14.5. The highest BCUT2D eigenvalue weighted by Gasteiger charge is 2.31. The molecule has 1 N–H and O–H groups in total. The molecule has 1 fully saturated rings.